The molecule has 7 N–H and O–H groups in total. The lowest BCUT2D eigenvalue weighted by Crippen LogP contribution is -2.45. The Balaban J connectivity index is 1.26. The summed E-state index contributed by atoms with van der Waals surface area (Å²) in [5.74, 6) is -2.32. The van der Waals surface area contributed by atoms with E-state index in [0.717, 1.165) is 4.57 Å². The second-order valence-electron chi connectivity index (χ2n) is 10.3. The van der Waals surface area contributed by atoms with Crippen molar-refractivity contribution in [2.75, 3.05) is 37.0 Å². The van der Waals surface area contributed by atoms with Crippen LogP contribution < -0.4 is 17.0 Å². The zero-order valence-corrected chi connectivity index (χ0v) is 26.5. The quantitative estimate of drug-likeness (QED) is 0.181. The fourth-order valence-electron chi connectivity index (χ4n) is 5.53. The number of nitrogens with zero attached hydrogens (tertiary/aromatic N) is 6. The number of aromatic amines is 1. The Kier molecular flexibility index (Phi) is 7.43. The normalized spacial score (nSPS) is 36.6. The molecule has 0 spiro atoms. The second-order valence-corrected chi connectivity index (χ2v) is 17.2. The lowest BCUT2D eigenvalue weighted by molar-refractivity contribution is -0.0401. The summed E-state index contributed by atoms with van der Waals surface area (Å²) in [5.41, 5.74) is 9.96. The number of ether oxygens (including phenoxy) is 1. The van der Waals surface area contributed by atoms with Crippen LogP contribution in [0.5, 0.6) is 0 Å². The van der Waals surface area contributed by atoms with Gasteiger partial charge in [-0.25, -0.2) is 19.3 Å². The maximum absolute atomic E-state index is 17.0. The molecule has 3 fully saturated rings. The lowest BCUT2D eigenvalue weighted by Gasteiger charge is -2.34. The molecule has 17 nitrogen and oxygen atoms in total. The third-order valence-corrected chi connectivity index (χ3v) is 12.0. The molecule has 7 rings (SSSR count). The molecule has 7 atom stereocenters. The number of rotatable bonds is 2. The number of fused-ring (bicyclic) bond motifs is 5. The van der Waals surface area contributed by atoms with Gasteiger partial charge in [-0.05, 0) is 29.7 Å². The predicted molar refractivity (Wildman–Crippen MR) is 163 cm³/mol. The zero-order chi connectivity index (χ0) is 31.1. The van der Waals surface area contributed by atoms with Gasteiger partial charge in [0.2, 0.25) is 11.7 Å². The molecule has 3 aliphatic heterocycles. The Morgan fingerprint density at radius 3 is 2.75 bits per heavy atom. The average Bonchev–Trinajstić information content (AvgIpc) is 3.72. The van der Waals surface area contributed by atoms with Crippen molar-refractivity contribution in [2.45, 2.75) is 35.4 Å². The summed E-state index contributed by atoms with van der Waals surface area (Å²) in [4.78, 5) is 53.7. The number of nitrogens with one attached hydrogen (secondary N) is 1. The van der Waals surface area contributed by atoms with Crippen LogP contribution in [0.4, 0.5) is 16.2 Å². The molecule has 0 aliphatic carbocycles. The molecule has 4 aromatic rings. The standard InChI is InChI=1S/C21H24FN9O8P2S3/c22-21(30-2-1-11-15(23)25-8-26-16(11)30)6-35-12-5-37-41(34,43)39-20(31-9-27-13-17(31)28-19(24)29-18(13)32)3-10(44-7-20)4-36-40(33,42)38-14(12)21/h1-2,8-10,12,14H,3-7H2,(H,33,42)(H,34,43)(H2,23,25,26)(H3,24,28,29,32)/t10-,12+,14+,20+,21+,40?,41?/m0/s1. The van der Waals surface area contributed by atoms with Gasteiger partial charge in [0.05, 0.1) is 24.9 Å². The van der Waals surface area contributed by atoms with Crippen molar-refractivity contribution < 1.29 is 37.0 Å². The number of imidazole rings is 1. The first-order valence-corrected chi connectivity index (χ1v) is 19.1. The van der Waals surface area contributed by atoms with Gasteiger partial charge in [-0.2, -0.15) is 16.7 Å². The van der Waals surface area contributed by atoms with E-state index >= 15 is 4.39 Å². The summed E-state index contributed by atoms with van der Waals surface area (Å²) in [7, 11) is 0. The van der Waals surface area contributed by atoms with Gasteiger partial charge < -0.3 is 35.0 Å². The summed E-state index contributed by atoms with van der Waals surface area (Å²) in [6, 6.07) is 1.53. The Bertz CT molecular complexity index is 1950. The highest BCUT2D eigenvalue weighted by atomic mass is 32.5. The Hall–Kier alpha value is -2.13. The molecule has 3 saturated heterocycles. The molecule has 23 heteroatoms. The van der Waals surface area contributed by atoms with Crippen molar-refractivity contribution in [3.63, 3.8) is 0 Å². The molecule has 0 saturated carbocycles. The number of halogens is 1. The van der Waals surface area contributed by atoms with E-state index in [9.17, 15) is 14.6 Å². The van der Waals surface area contributed by atoms with Gasteiger partial charge in [-0.3, -0.25) is 28.0 Å². The van der Waals surface area contributed by atoms with Crippen molar-refractivity contribution in [3.8, 4) is 0 Å². The molecule has 4 aromatic heterocycles. The molecule has 44 heavy (non-hydrogen) atoms. The van der Waals surface area contributed by atoms with Crippen LogP contribution in [0.15, 0.2) is 29.7 Å². The molecule has 2 unspecified atom stereocenters. The number of nitrogen functional groups attached to an aromatic ring is 2. The molecule has 7 heterocycles. The van der Waals surface area contributed by atoms with Crippen molar-refractivity contribution >= 4 is 82.8 Å². The van der Waals surface area contributed by atoms with Crippen molar-refractivity contribution in [3.05, 3.63) is 35.3 Å². The van der Waals surface area contributed by atoms with Crippen molar-refractivity contribution in [2.24, 2.45) is 0 Å². The van der Waals surface area contributed by atoms with Crippen LogP contribution in [-0.2, 0) is 58.0 Å². The van der Waals surface area contributed by atoms with Gasteiger partial charge in [0.15, 0.2) is 23.0 Å². The number of alkyl halides is 1. The van der Waals surface area contributed by atoms with Crippen LogP contribution in [0.25, 0.3) is 22.2 Å². The first kappa shape index (κ1) is 30.5. The SMILES string of the molecule is Nc1nc2c(ncn2[C@@]23CS[C@H](COP(O)(=S)O[C@@H]4[C@@H](COP(O)(=S)O2)OC[C@@]4(F)n2ccc4c(N)ncnc42)C3)c(=O)[nH]1. The number of nitrogens with two attached hydrogens (primary N) is 2. The largest absolute Gasteiger partial charge is 0.383 e. The summed E-state index contributed by atoms with van der Waals surface area (Å²) >= 11 is 12.1. The third-order valence-electron chi connectivity index (χ3n) is 7.50. The molecular formula is C21H24FN9O8P2S3. The minimum atomic E-state index is -4.13. The molecule has 3 aliphatic rings. The van der Waals surface area contributed by atoms with Gasteiger partial charge in [0.1, 0.15) is 30.5 Å². The minimum Gasteiger partial charge on any atom is -0.383 e. The first-order valence-electron chi connectivity index (χ1n) is 12.9. The number of hydrogen-bond donors (Lipinski definition) is 5. The number of anilines is 2. The van der Waals surface area contributed by atoms with Crippen LogP contribution in [0.2, 0.25) is 0 Å². The lowest BCUT2D eigenvalue weighted by atomic mass is 10.1. The highest BCUT2D eigenvalue weighted by Gasteiger charge is 2.57. The Morgan fingerprint density at radius 2 is 1.93 bits per heavy atom. The van der Waals surface area contributed by atoms with Crippen LogP contribution in [-0.4, -0.2) is 86.9 Å². The Morgan fingerprint density at radius 1 is 1.14 bits per heavy atom. The number of aromatic nitrogens is 7. The van der Waals surface area contributed by atoms with Crippen LogP contribution in [0.1, 0.15) is 6.42 Å². The smallest absolute Gasteiger partial charge is 0.326 e. The minimum absolute atomic E-state index is 0.0118. The molecule has 0 amide bonds. The predicted octanol–water partition coefficient (Wildman–Crippen LogP) is 0.790. The van der Waals surface area contributed by atoms with E-state index in [-0.39, 0.29) is 47.4 Å². The highest BCUT2D eigenvalue weighted by molar-refractivity contribution is 8.07. The monoisotopic (exact) mass is 707 g/mol. The fraction of sp³-hybridized carbons (Fsp3) is 0.476. The Labute approximate surface area is 260 Å². The summed E-state index contributed by atoms with van der Waals surface area (Å²) < 4.78 is 48.8. The second kappa shape index (κ2) is 10.7. The first-order chi connectivity index (χ1) is 20.8. The van der Waals surface area contributed by atoms with Crippen molar-refractivity contribution in [1.82, 2.24) is 34.1 Å². The maximum atomic E-state index is 17.0. The van der Waals surface area contributed by atoms with Gasteiger partial charge in [0.25, 0.3) is 5.56 Å². The molecule has 236 valence electrons. The van der Waals surface area contributed by atoms with Crippen LogP contribution in [0.3, 0.4) is 0 Å². The summed E-state index contributed by atoms with van der Waals surface area (Å²) in [6.07, 6.45) is 1.19. The fourth-order valence-corrected chi connectivity index (χ4v) is 10.2. The summed E-state index contributed by atoms with van der Waals surface area (Å²) in [6.45, 7) is -9.48. The van der Waals surface area contributed by atoms with Crippen LogP contribution in [0, 0.1) is 0 Å². The topological polar surface area (TPSA) is 233 Å². The number of hydrogen-bond acceptors (Lipinski definition) is 15. The van der Waals surface area contributed by atoms with Crippen molar-refractivity contribution in [1.29, 1.82) is 0 Å². The van der Waals surface area contributed by atoms with E-state index in [0.29, 0.717) is 5.39 Å². The molecule has 2 bridgehead atoms. The highest BCUT2D eigenvalue weighted by Crippen LogP contribution is 2.58. The molecule has 0 aromatic carbocycles. The molecule has 0 radical (unpaired) electrons. The molecular weight excluding hydrogens is 683 g/mol. The van der Waals surface area contributed by atoms with Gasteiger partial charge in [-0.15, -0.1) is 0 Å². The van der Waals surface area contributed by atoms with Gasteiger partial charge in [0, 0.05) is 23.6 Å². The summed E-state index contributed by atoms with van der Waals surface area (Å²) in [5, 5.41) is -0.0177. The van der Waals surface area contributed by atoms with E-state index < -0.39 is 61.2 Å². The average molecular weight is 708 g/mol. The van der Waals surface area contributed by atoms with E-state index in [1.54, 1.807) is 0 Å². The van der Waals surface area contributed by atoms with E-state index in [4.69, 9.17) is 57.9 Å². The number of H-pyrrole nitrogens is 1. The van der Waals surface area contributed by atoms with Gasteiger partial charge in [-0.1, -0.05) is 0 Å². The van der Waals surface area contributed by atoms with E-state index in [2.05, 4.69) is 24.9 Å². The van der Waals surface area contributed by atoms with E-state index in [1.807, 2.05) is 0 Å². The van der Waals surface area contributed by atoms with Crippen LogP contribution >= 0.6 is 25.2 Å². The zero-order valence-electron chi connectivity index (χ0n) is 22.3. The van der Waals surface area contributed by atoms with E-state index in [1.165, 1.54) is 41.2 Å². The number of thioether (sulfide) groups is 1. The van der Waals surface area contributed by atoms with Gasteiger partial charge >= 0.3 is 13.4 Å². The third kappa shape index (κ3) is 5.18. The maximum Gasteiger partial charge on any atom is 0.326 e.